The highest BCUT2D eigenvalue weighted by molar-refractivity contribution is 5.85. The molecular formula is C19H31ClN2O2. The predicted molar refractivity (Wildman–Crippen MR) is 99.8 cm³/mol. The first-order chi connectivity index (χ1) is 11.3. The molecule has 0 amide bonds. The highest BCUT2D eigenvalue weighted by Crippen LogP contribution is 2.22. The van der Waals surface area contributed by atoms with E-state index in [-0.39, 0.29) is 18.5 Å². The number of ether oxygens (including phenoxy) is 2. The van der Waals surface area contributed by atoms with Gasteiger partial charge in [0.15, 0.2) is 0 Å². The summed E-state index contributed by atoms with van der Waals surface area (Å²) in [5.74, 6) is 1.73. The van der Waals surface area contributed by atoms with Crippen LogP contribution in [0.3, 0.4) is 0 Å². The van der Waals surface area contributed by atoms with Crippen LogP contribution in [0.4, 0.5) is 0 Å². The average molecular weight is 355 g/mol. The number of halogens is 1. The number of piperidine rings is 1. The Balaban J connectivity index is 0.00000208. The van der Waals surface area contributed by atoms with Gasteiger partial charge in [0, 0.05) is 19.7 Å². The van der Waals surface area contributed by atoms with E-state index in [0.717, 1.165) is 50.6 Å². The van der Waals surface area contributed by atoms with Crippen molar-refractivity contribution in [1.29, 1.82) is 0 Å². The first kappa shape index (κ1) is 19.5. The summed E-state index contributed by atoms with van der Waals surface area (Å²) in [6, 6.07) is 8.56. The lowest BCUT2D eigenvalue weighted by Crippen LogP contribution is -2.35. The highest BCUT2D eigenvalue weighted by Gasteiger charge is 2.19. The van der Waals surface area contributed by atoms with Gasteiger partial charge in [0.1, 0.15) is 12.4 Å². The van der Waals surface area contributed by atoms with Gasteiger partial charge in [-0.1, -0.05) is 12.1 Å². The lowest BCUT2D eigenvalue weighted by atomic mass is 9.94. The molecule has 2 aliphatic heterocycles. The Hall–Kier alpha value is -0.810. The third-order valence-electron chi connectivity index (χ3n) is 4.97. The minimum absolute atomic E-state index is 0. The van der Waals surface area contributed by atoms with E-state index >= 15 is 0 Å². The molecule has 2 aliphatic rings. The number of nitrogens with zero attached hydrogens (tertiary/aromatic N) is 1. The van der Waals surface area contributed by atoms with Gasteiger partial charge in [-0.2, -0.15) is 0 Å². The summed E-state index contributed by atoms with van der Waals surface area (Å²) in [6.07, 6.45) is 6.36. The molecule has 2 fully saturated rings. The first-order valence-electron chi connectivity index (χ1n) is 9.09. The van der Waals surface area contributed by atoms with E-state index in [0.29, 0.717) is 6.61 Å². The van der Waals surface area contributed by atoms with Crippen LogP contribution >= 0.6 is 12.4 Å². The molecule has 0 bridgehead atoms. The fraction of sp³-hybridized carbons (Fsp3) is 0.684. The van der Waals surface area contributed by atoms with Gasteiger partial charge in [-0.25, -0.2) is 0 Å². The molecule has 2 unspecified atom stereocenters. The lowest BCUT2D eigenvalue weighted by Gasteiger charge is -2.32. The van der Waals surface area contributed by atoms with Crippen molar-refractivity contribution in [3.63, 3.8) is 0 Å². The highest BCUT2D eigenvalue weighted by atomic mass is 35.5. The molecule has 2 saturated heterocycles. The second-order valence-electron chi connectivity index (χ2n) is 6.91. The molecule has 4 nitrogen and oxygen atoms in total. The fourth-order valence-electron chi connectivity index (χ4n) is 3.68. The van der Waals surface area contributed by atoms with Crippen LogP contribution in [0.25, 0.3) is 0 Å². The zero-order valence-electron chi connectivity index (χ0n) is 14.5. The van der Waals surface area contributed by atoms with Crippen LogP contribution in [0.5, 0.6) is 5.75 Å². The average Bonchev–Trinajstić information content (AvgIpc) is 3.08. The molecule has 0 radical (unpaired) electrons. The molecule has 2 N–H and O–H groups in total. The minimum Gasteiger partial charge on any atom is -0.491 e. The summed E-state index contributed by atoms with van der Waals surface area (Å²) < 4.78 is 11.4. The summed E-state index contributed by atoms with van der Waals surface area (Å²) in [4.78, 5) is 2.56. The van der Waals surface area contributed by atoms with Crippen molar-refractivity contribution in [3.8, 4) is 5.75 Å². The van der Waals surface area contributed by atoms with Crippen LogP contribution in [0.2, 0.25) is 0 Å². The standard InChI is InChI=1S/C19H30N2O2.ClH/c20-10-9-16-3-1-11-21(13-16)14-17-5-7-18(8-6-17)23-15-19-4-2-12-22-19;/h5-8,16,19H,1-4,9-15,20H2;1H. The molecule has 0 aliphatic carbocycles. The van der Waals surface area contributed by atoms with Gasteiger partial charge >= 0.3 is 0 Å². The number of nitrogens with two attached hydrogens (primary N) is 1. The van der Waals surface area contributed by atoms with E-state index in [1.54, 1.807) is 0 Å². The number of likely N-dealkylation sites (tertiary alicyclic amines) is 1. The molecule has 0 spiro atoms. The maximum atomic E-state index is 5.83. The molecule has 0 aromatic heterocycles. The maximum Gasteiger partial charge on any atom is 0.119 e. The molecule has 2 atom stereocenters. The van der Waals surface area contributed by atoms with Crippen LogP contribution in [-0.4, -0.2) is 43.9 Å². The van der Waals surface area contributed by atoms with E-state index in [1.807, 2.05) is 0 Å². The summed E-state index contributed by atoms with van der Waals surface area (Å²) in [5, 5.41) is 0. The van der Waals surface area contributed by atoms with E-state index < -0.39 is 0 Å². The monoisotopic (exact) mass is 354 g/mol. The molecule has 2 heterocycles. The Bertz CT molecular complexity index is 461. The summed E-state index contributed by atoms with van der Waals surface area (Å²) in [7, 11) is 0. The van der Waals surface area contributed by atoms with Gasteiger partial charge in [0.25, 0.3) is 0 Å². The summed E-state index contributed by atoms with van der Waals surface area (Å²) >= 11 is 0. The normalized spacial score (nSPS) is 24.5. The SMILES string of the molecule is Cl.NCCC1CCCN(Cc2ccc(OCC3CCCO3)cc2)C1. The minimum atomic E-state index is 0. The Kier molecular flexibility index (Phi) is 8.33. The Morgan fingerprint density at radius 2 is 2.00 bits per heavy atom. The van der Waals surface area contributed by atoms with E-state index in [2.05, 4.69) is 29.2 Å². The Morgan fingerprint density at radius 1 is 1.17 bits per heavy atom. The van der Waals surface area contributed by atoms with Crippen molar-refractivity contribution in [1.82, 2.24) is 4.90 Å². The van der Waals surface area contributed by atoms with Crippen molar-refractivity contribution in [2.45, 2.75) is 44.8 Å². The van der Waals surface area contributed by atoms with Gasteiger partial charge in [-0.05, 0) is 68.8 Å². The molecular weight excluding hydrogens is 324 g/mol. The predicted octanol–water partition coefficient (Wildman–Crippen LogP) is 3.23. The summed E-state index contributed by atoms with van der Waals surface area (Å²) in [6.45, 7) is 5.80. The van der Waals surface area contributed by atoms with Crippen molar-refractivity contribution < 1.29 is 9.47 Å². The van der Waals surface area contributed by atoms with Crippen LogP contribution in [0, 0.1) is 5.92 Å². The molecule has 1 aromatic carbocycles. The lowest BCUT2D eigenvalue weighted by molar-refractivity contribution is 0.0679. The quantitative estimate of drug-likeness (QED) is 0.816. The van der Waals surface area contributed by atoms with E-state index in [1.165, 1.54) is 31.5 Å². The zero-order chi connectivity index (χ0) is 15.9. The van der Waals surface area contributed by atoms with Crippen LogP contribution < -0.4 is 10.5 Å². The number of rotatable bonds is 7. The Morgan fingerprint density at radius 3 is 2.71 bits per heavy atom. The van der Waals surface area contributed by atoms with Crippen molar-refractivity contribution in [2.24, 2.45) is 11.7 Å². The third kappa shape index (κ3) is 5.92. The molecule has 0 saturated carbocycles. The maximum absolute atomic E-state index is 5.83. The van der Waals surface area contributed by atoms with Crippen LogP contribution in [0.1, 0.15) is 37.7 Å². The number of benzene rings is 1. The second kappa shape index (κ2) is 10.2. The van der Waals surface area contributed by atoms with Gasteiger partial charge in [0.2, 0.25) is 0 Å². The van der Waals surface area contributed by atoms with Gasteiger partial charge in [0.05, 0.1) is 6.10 Å². The number of hydrogen-bond donors (Lipinski definition) is 1. The van der Waals surface area contributed by atoms with Gasteiger partial charge in [-0.15, -0.1) is 12.4 Å². The van der Waals surface area contributed by atoms with Crippen molar-refractivity contribution in [3.05, 3.63) is 29.8 Å². The topological polar surface area (TPSA) is 47.7 Å². The summed E-state index contributed by atoms with van der Waals surface area (Å²) in [5.41, 5.74) is 7.07. The second-order valence-corrected chi connectivity index (χ2v) is 6.91. The van der Waals surface area contributed by atoms with Crippen LogP contribution in [-0.2, 0) is 11.3 Å². The molecule has 1 aromatic rings. The van der Waals surface area contributed by atoms with E-state index in [4.69, 9.17) is 15.2 Å². The Labute approximate surface area is 152 Å². The van der Waals surface area contributed by atoms with Crippen molar-refractivity contribution >= 4 is 12.4 Å². The van der Waals surface area contributed by atoms with E-state index in [9.17, 15) is 0 Å². The van der Waals surface area contributed by atoms with Crippen LogP contribution in [0.15, 0.2) is 24.3 Å². The zero-order valence-corrected chi connectivity index (χ0v) is 15.3. The molecule has 3 rings (SSSR count). The largest absolute Gasteiger partial charge is 0.491 e. The molecule has 136 valence electrons. The first-order valence-corrected chi connectivity index (χ1v) is 9.09. The smallest absolute Gasteiger partial charge is 0.119 e. The fourth-order valence-corrected chi connectivity index (χ4v) is 3.68. The molecule has 24 heavy (non-hydrogen) atoms. The van der Waals surface area contributed by atoms with Gasteiger partial charge in [-0.3, -0.25) is 4.90 Å². The number of hydrogen-bond acceptors (Lipinski definition) is 4. The third-order valence-corrected chi connectivity index (χ3v) is 4.97. The van der Waals surface area contributed by atoms with Gasteiger partial charge < -0.3 is 15.2 Å². The van der Waals surface area contributed by atoms with Crippen molar-refractivity contribution in [2.75, 3.05) is 32.8 Å². The molecule has 5 heteroatoms.